The number of carbonyl (C=O) groups is 2. The minimum atomic E-state index is -0.108. The lowest BCUT2D eigenvalue weighted by Gasteiger charge is -2.11. The van der Waals surface area contributed by atoms with Gasteiger partial charge in [0.25, 0.3) is 0 Å². The largest absolute Gasteiger partial charge is 0.354 e. The lowest BCUT2D eigenvalue weighted by atomic mass is 10.2. The zero-order chi connectivity index (χ0) is 14.6. The Bertz CT molecular complexity index is 478. The Morgan fingerprint density at radius 1 is 1.37 bits per heavy atom. The monoisotopic (exact) mass is 284 g/mol. The molecule has 0 aliphatic carbocycles. The first kappa shape index (κ1) is 15.8. The summed E-state index contributed by atoms with van der Waals surface area (Å²) in [7, 11) is 0. The second-order valence-electron chi connectivity index (χ2n) is 5.13. The first-order valence-electron chi connectivity index (χ1n) is 6.39. The van der Waals surface area contributed by atoms with Crippen LogP contribution >= 0.6 is 11.6 Å². The summed E-state index contributed by atoms with van der Waals surface area (Å²) in [5.41, 5.74) is 2.29. The third-order valence-corrected chi connectivity index (χ3v) is 3.25. The van der Waals surface area contributed by atoms with Gasteiger partial charge in [0.05, 0.1) is 5.88 Å². The molecule has 1 amide bonds. The van der Waals surface area contributed by atoms with Gasteiger partial charge in [-0.2, -0.15) is 0 Å². The Morgan fingerprint density at radius 3 is 2.53 bits per heavy atom. The molecule has 1 aromatic rings. The van der Waals surface area contributed by atoms with Crippen molar-refractivity contribution in [3.63, 3.8) is 0 Å². The molecule has 0 atom stereocenters. The van der Waals surface area contributed by atoms with Gasteiger partial charge < -0.3 is 9.88 Å². The van der Waals surface area contributed by atoms with Gasteiger partial charge >= 0.3 is 0 Å². The molecule has 106 valence electrons. The van der Waals surface area contributed by atoms with Crippen molar-refractivity contribution in [2.24, 2.45) is 5.92 Å². The molecule has 0 aromatic carbocycles. The normalized spacial score (nSPS) is 10.8. The van der Waals surface area contributed by atoms with Crippen molar-refractivity contribution in [2.45, 2.75) is 34.2 Å². The van der Waals surface area contributed by atoms with Crippen LogP contribution in [-0.2, 0) is 11.3 Å². The van der Waals surface area contributed by atoms with Gasteiger partial charge in [0.1, 0.15) is 6.54 Å². The van der Waals surface area contributed by atoms with Gasteiger partial charge in [0.2, 0.25) is 5.91 Å². The molecule has 1 aromatic heterocycles. The first-order valence-corrected chi connectivity index (χ1v) is 6.92. The number of carbonyl (C=O) groups excluding carboxylic acids is 2. The fourth-order valence-corrected chi connectivity index (χ4v) is 2.06. The molecule has 5 heteroatoms. The summed E-state index contributed by atoms with van der Waals surface area (Å²) < 4.78 is 1.84. The van der Waals surface area contributed by atoms with E-state index in [-0.39, 0.29) is 24.1 Å². The van der Waals surface area contributed by atoms with Crippen molar-refractivity contribution in [3.8, 4) is 0 Å². The topological polar surface area (TPSA) is 51.1 Å². The standard InChI is InChI=1S/C14H21ClN2O2/c1-9(2)7-16-14(19)8-17-10(3)5-12(11(17)4)13(18)6-15/h5,9H,6-8H2,1-4H3,(H,16,19). The average Bonchev–Trinajstić information content (AvgIpc) is 2.63. The number of hydrogen-bond acceptors (Lipinski definition) is 2. The van der Waals surface area contributed by atoms with E-state index in [0.717, 1.165) is 11.4 Å². The quantitative estimate of drug-likeness (QED) is 0.644. The average molecular weight is 285 g/mol. The molecule has 19 heavy (non-hydrogen) atoms. The lowest BCUT2D eigenvalue weighted by Crippen LogP contribution is -2.31. The summed E-state index contributed by atoms with van der Waals surface area (Å²) >= 11 is 5.57. The maximum absolute atomic E-state index is 11.8. The van der Waals surface area contributed by atoms with Crippen molar-refractivity contribution < 1.29 is 9.59 Å². The highest BCUT2D eigenvalue weighted by Crippen LogP contribution is 2.16. The van der Waals surface area contributed by atoms with Crippen LogP contribution in [0.4, 0.5) is 0 Å². The molecule has 0 aliphatic heterocycles. The molecule has 0 spiro atoms. The van der Waals surface area contributed by atoms with E-state index in [2.05, 4.69) is 5.32 Å². The number of alkyl halides is 1. The molecule has 0 bridgehead atoms. The second kappa shape index (κ2) is 6.75. The van der Waals surface area contributed by atoms with Crippen LogP contribution in [0.1, 0.15) is 35.6 Å². The summed E-state index contributed by atoms with van der Waals surface area (Å²) in [6.45, 7) is 8.70. The van der Waals surface area contributed by atoms with Crippen LogP contribution in [0.2, 0.25) is 0 Å². The molecule has 0 saturated carbocycles. The number of nitrogens with zero attached hydrogens (tertiary/aromatic N) is 1. The maximum Gasteiger partial charge on any atom is 0.239 e. The van der Waals surface area contributed by atoms with Crippen LogP contribution in [0.3, 0.4) is 0 Å². The number of nitrogens with one attached hydrogen (secondary N) is 1. The van der Waals surface area contributed by atoms with Crippen LogP contribution in [0, 0.1) is 19.8 Å². The SMILES string of the molecule is Cc1cc(C(=O)CCl)c(C)n1CC(=O)NCC(C)C. The van der Waals surface area contributed by atoms with E-state index in [0.29, 0.717) is 18.0 Å². The molecule has 0 unspecified atom stereocenters. The number of halogens is 1. The zero-order valence-corrected chi connectivity index (χ0v) is 12.7. The molecule has 0 radical (unpaired) electrons. The fraction of sp³-hybridized carbons (Fsp3) is 0.571. The molecule has 0 saturated heterocycles. The number of rotatable bonds is 6. The molecule has 1 heterocycles. The van der Waals surface area contributed by atoms with E-state index in [9.17, 15) is 9.59 Å². The molecule has 1 N–H and O–H groups in total. The first-order chi connectivity index (χ1) is 8.86. The van der Waals surface area contributed by atoms with Gasteiger partial charge in [-0.05, 0) is 25.8 Å². The van der Waals surface area contributed by atoms with E-state index in [1.807, 2.05) is 32.3 Å². The van der Waals surface area contributed by atoms with Crippen molar-refractivity contribution >= 4 is 23.3 Å². The summed E-state index contributed by atoms with van der Waals surface area (Å²) in [5.74, 6) is 0.234. The minimum Gasteiger partial charge on any atom is -0.354 e. The number of aromatic nitrogens is 1. The third kappa shape index (κ3) is 4.10. The van der Waals surface area contributed by atoms with Gasteiger partial charge in [-0.3, -0.25) is 9.59 Å². The lowest BCUT2D eigenvalue weighted by molar-refractivity contribution is -0.121. The van der Waals surface area contributed by atoms with Gasteiger partial charge in [0, 0.05) is 23.5 Å². The highest BCUT2D eigenvalue weighted by atomic mass is 35.5. The smallest absolute Gasteiger partial charge is 0.239 e. The molecular weight excluding hydrogens is 264 g/mol. The molecule has 0 fully saturated rings. The van der Waals surface area contributed by atoms with Crippen molar-refractivity contribution in [1.82, 2.24) is 9.88 Å². The summed E-state index contributed by atoms with van der Waals surface area (Å²) in [6.07, 6.45) is 0. The van der Waals surface area contributed by atoms with Crippen LogP contribution in [-0.4, -0.2) is 28.7 Å². The van der Waals surface area contributed by atoms with E-state index >= 15 is 0 Å². The minimum absolute atomic E-state index is 0.0379. The van der Waals surface area contributed by atoms with E-state index in [4.69, 9.17) is 11.6 Å². The highest BCUT2D eigenvalue weighted by molar-refractivity contribution is 6.30. The van der Waals surface area contributed by atoms with Crippen molar-refractivity contribution in [3.05, 3.63) is 23.0 Å². The Labute approximate surface area is 119 Å². The Kier molecular flexibility index (Phi) is 5.60. The van der Waals surface area contributed by atoms with Gasteiger partial charge in [-0.15, -0.1) is 11.6 Å². The highest BCUT2D eigenvalue weighted by Gasteiger charge is 2.16. The molecule has 0 aliphatic rings. The number of Topliss-reactive ketones (excluding diaryl/α,β-unsaturated/α-hetero) is 1. The Morgan fingerprint density at radius 2 is 2.00 bits per heavy atom. The molecular formula is C14H21ClN2O2. The predicted molar refractivity (Wildman–Crippen MR) is 76.8 cm³/mol. The number of ketones is 1. The van der Waals surface area contributed by atoms with E-state index in [1.165, 1.54) is 0 Å². The van der Waals surface area contributed by atoms with Gasteiger partial charge in [-0.25, -0.2) is 0 Å². The van der Waals surface area contributed by atoms with Crippen molar-refractivity contribution in [1.29, 1.82) is 0 Å². The molecule has 1 rings (SSSR count). The summed E-state index contributed by atoms with van der Waals surface area (Å²) in [6, 6.07) is 1.79. The Hall–Kier alpha value is -1.29. The van der Waals surface area contributed by atoms with E-state index < -0.39 is 0 Å². The van der Waals surface area contributed by atoms with Gasteiger partial charge in [-0.1, -0.05) is 13.8 Å². The number of amides is 1. The fourth-order valence-electron chi connectivity index (χ4n) is 1.92. The van der Waals surface area contributed by atoms with E-state index in [1.54, 1.807) is 6.07 Å². The van der Waals surface area contributed by atoms with Gasteiger partial charge in [0.15, 0.2) is 5.78 Å². The summed E-state index contributed by atoms with van der Waals surface area (Å²) in [4.78, 5) is 23.5. The second-order valence-corrected chi connectivity index (χ2v) is 5.39. The van der Waals surface area contributed by atoms with Crippen LogP contribution in [0.25, 0.3) is 0 Å². The maximum atomic E-state index is 11.8. The molecule has 4 nitrogen and oxygen atoms in total. The van der Waals surface area contributed by atoms with Crippen LogP contribution in [0.15, 0.2) is 6.07 Å². The van der Waals surface area contributed by atoms with Crippen molar-refractivity contribution in [2.75, 3.05) is 12.4 Å². The summed E-state index contributed by atoms with van der Waals surface area (Å²) in [5, 5.41) is 2.87. The predicted octanol–water partition coefficient (Wildman–Crippen LogP) is 2.30. The van der Waals surface area contributed by atoms with Crippen LogP contribution < -0.4 is 5.32 Å². The zero-order valence-electron chi connectivity index (χ0n) is 11.9. The number of hydrogen-bond donors (Lipinski definition) is 1. The Balaban J connectivity index is 2.81. The number of aryl methyl sites for hydroxylation is 1. The third-order valence-electron chi connectivity index (χ3n) is 3.00. The van der Waals surface area contributed by atoms with Crippen LogP contribution in [0.5, 0.6) is 0 Å².